The zero-order chi connectivity index (χ0) is 20.1. The summed E-state index contributed by atoms with van der Waals surface area (Å²) >= 11 is 0. The predicted molar refractivity (Wildman–Crippen MR) is 128 cm³/mol. The van der Waals surface area contributed by atoms with Crippen molar-refractivity contribution in [2.45, 2.75) is 6.42 Å². The van der Waals surface area contributed by atoms with Crippen LogP contribution in [0, 0.1) is 0 Å². The van der Waals surface area contributed by atoms with Crippen LogP contribution >= 0.6 is 0 Å². The molecule has 6 rings (SSSR count). The number of allylic oxidation sites excluding steroid dienone is 1. The van der Waals surface area contributed by atoms with E-state index in [1.54, 1.807) is 6.07 Å². The molecule has 0 atom stereocenters. The maximum Gasteiger partial charge on any atom is 0.123 e. The first-order valence-electron chi connectivity index (χ1n) is 10.3. The van der Waals surface area contributed by atoms with Gasteiger partial charge in [0.15, 0.2) is 0 Å². The first kappa shape index (κ1) is 17.1. The van der Waals surface area contributed by atoms with E-state index in [4.69, 9.17) is 0 Å². The van der Waals surface area contributed by atoms with Crippen LogP contribution in [-0.2, 0) is 6.42 Å². The molecule has 142 valence electrons. The van der Waals surface area contributed by atoms with Crippen LogP contribution < -0.4 is 0 Å². The highest BCUT2D eigenvalue weighted by molar-refractivity contribution is 6.23. The number of benzene rings is 6. The van der Waals surface area contributed by atoms with Crippen LogP contribution in [0.5, 0.6) is 5.75 Å². The summed E-state index contributed by atoms with van der Waals surface area (Å²) < 4.78 is 0. The first-order valence-corrected chi connectivity index (χ1v) is 10.3. The molecule has 0 aliphatic carbocycles. The van der Waals surface area contributed by atoms with E-state index in [1.165, 1.54) is 37.9 Å². The third kappa shape index (κ3) is 2.56. The van der Waals surface area contributed by atoms with Gasteiger partial charge in [0.05, 0.1) is 0 Å². The van der Waals surface area contributed by atoms with Gasteiger partial charge >= 0.3 is 0 Å². The van der Waals surface area contributed by atoms with Crippen molar-refractivity contribution in [1.29, 1.82) is 0 Å². The summed E-state index contributed by atoms with van der Waals surface area (Å²) in [6, 6.07) is 31.8. The second kappa shape index (κ2) is 6.60. The van der Waals surface area contributed by atoms with Crippen molar-refractivity contribution in [2.24, 2.45) is 0 Å². The summed E-state index contributed by atoms with van der Waals surface area (Å²) in [5.74, 6) is 0.320. The smallest absolute Gasteiger partial charge is 0.123 e. The Morgan fingerprint density at radius 3 is 2.10 bits per heavy atom. The van der Waals surface area contributed by atoms with Crippen LogP contribution in [0.1, 0.15) is 11.1 Å². The van der Waals surface area contributed by atoms with Crippen LogP contribution in [0.4, 0.5) is 0 Å². The molecule has 0 bridgehead atoms. The molecule has 0 aromatic heterocycles. The molecule has 0 saturated heterocycles. The number of phenolic OH excluding ortho intramolecular Hbond substituents is 1. The molecule has 0 amide bonds. The minimum Gasteiger partial charge on any atom is -0.507 e. The van der Waals surface area contributed by atoms with E-state index in [0.717, 1.165) is 22.8 Å². The molecule has 0 spiro atoms. The molecule has 0 fully saturated rings. The molecule has 0 radical (unpaired) electrons. The van der Waals surface area contributed by atoms with Crippen molar-refractivity contribution in [1.82, 2.24) is 0 Å². The maximum absolute atomic E-state index is 10.4. The zero-order valence-corrected chi connectivity index (χ0v) is 16.5. The van der Waals surface area contributed by atoms with E-state index in [0.29, 0.717) is 5.75 Å². The lowest BCUT2D eigenvalue weighted by atomic mass is 9.91. The van der Waals surface area contributed by atoms with Gasteiger partial charge in [0.2, 0.25) is 0 Å². The summed E-state index contributed by atoms with van der Waals surface area (Å²) in [6.07, 6.45) is 5.03. The average molecular weight is 384 g/mol. The van der Waals surface area contributed by atoms with Gasteiger partial charge in [0.25, 0.3) is 0 Å². The molecule has 0 unspecified atom stereocenters. The van der Waals surface area contributed by atoms with Crippen molar-refractivity contribution in [2.75, 3.05) is 0 Å². The van der Waals surface area contributed by atoms with Gasteiger partial charge in [0, 0.05) is 5.56 Å². The van der Waals surface area contributed by atoms with Crippen LogP contribution in [0.2, 0.25) is 0 Å². The van der Waals surface area contributed by atoms with Gasteiger partial charge in [-0.1, -0.05) is 97.1 Å². The van der Waals surface area contributed by atoms with Crippen LogP contribution in [0.25, 0.3) is 49.2 Å². The Bertz CT molecular complexity index is 1560. The Kier molecular flexibility index (Phi) is 3.75. The van der Waals surface area contributed by atoms with Crippen molar-refractivity contribution >= 4 is 49.2 Å². The highest BCUT2D eigenvalue weighted by atomic mass is 16.3. The predicted octanol–water partition coefficient (Wildman–Crippen LogP) is 7.70. The normalized spacial score (nSPS) is 12.1. The minimum absolute atomic E-state index is 0.320. The van der Waals surface area contributed by atoms with Crippen molar-refractivity contribution in [3.63, 3.8) is 0 Å². The second-order valence-electron chi connectivity index (χ2n) is 7.91. The quantitative estimate of drug-likeness (QED) is 0.310. The Labute approximate surface area is 174 Å². The molecular weight excluding hydrogens is 364 g/mol. The SMILES string of the molecule is Oc1ccc2ccccc2c1/C=C/Cc1ccc2ccc3cccc4ccc1c2c34. The molecule has 0 aliphatic heterocycles. The van der Waals surface area contributed by atoms with Gasteiger partial charge in [-0.3, -0.25) is 0 Å². The third-order valence-electron chi connectivity index (χ3n) is 6.19. The fourth-order valence-electron chi connectivity index (χ4n) is 4.74. The number of phenols is 1. The van der Waals surface area contributed by atoms with Crippen molar-refractivity contribution < 1.29 is 5.11 Å². The van der Waals surface area contributed by atoms with Crippen molar-refractivity contribution in [3.05, 3.63) is 108 Å². The van der Waals surface area contributed by atoms with E-state index in [2.05, 4.69) is 78.9 Å². The fraction of sp³-hybridized carbons (Fsp3) is 0.0345. The zero-order valence-electron chi connectivity index (χ0n) is 16.5. The monoisotopic (exact) mass is 384 g/mol. The lowest BCUT2D eigenvalue weighted by Crippen LogP contribution is -1.89. The average Bonchev–Trinajstić information content (AvgIpc) is 2.79. The van der Waals surface area contributed by atoms with Crippen molar-refractivity contribution in [3.8, 4) is 5.75 Å². The van der Waals surface area contributed by atoms with E-state index in [1.807, 2.05) is 18.2 Å². The molecule has 0 saturated carbocycles. The molecule has 30 heavy (non-hydrogen) atoms. The van der Waals surface area contributed by atoms with E-state index in [9.17, 15) is 5.11 Å². The standard InChI is InChI=1S/C29H20O/c30-27-18-16-19-5-1-2-9-24(19)26(27)10-4-6-20-11-12-23-14-13-21-7-3-8-22-15-17-25(20)29(23)28(21)22/h1-5,7-18,30H,6H2/b10-4+. The maximum atomic E-state index is 10.4. The molecule has 1 N–H and O–H groups in total. The largest absolute Gasteiger partial charge is 0.507 e. The molecule has 6 aromatic rings. The van der Waals surface area contributed by atoms with E-state index in [-0.39, 0.29) is 0 Å². The number of hydrogen-bond donors (Lipinski definition) is 1. The Morgan fingerprint density at radius 1 is 0.567 bits per heavy atom. The summed E-state index contributed by atoms with van der Waals surface area (Å²) in [5.41, 5.74) is 2.18. The topological polar surface area (TPSA) is 20.2 Å². The molecule has 0 aliphatic rings. The highest BCUT2D eigenvalue weighted by Gasteiger charge is 2.10. The van der Waals surface area contributed by atoms with E-state index < -0.39 is 0 Å². The number of aromatic hydroxyl groups is 1. The Morgan fingerprint density at radius 2 is 1.23 bits per heavy atom. The highest BCUT2D eigenvalue weighted by Crippen LogP contribution is 2.36. The summed E-state index contributed by atoms with van der Waals surface area (Å²) in [5, 5.41) is 20.5. The third-order valence-corrected chi connectivity index (χ3v) is 6.19. The van der Waals surface area contributed by atoms with Crippen LogP contribution in [0.15, 0.2) is 97.1 Å². The summed E-state index contributed by atoms with van der Waals surface area (Å²) in [4.78, 5) is 0. The number of rotatable bonds is 3. The van der Waals surface area contributed by atoms with Gasteiger partial charge in [0.1, 0.15) is 5.75 Å². The Balaban J connectivity index is 1.46. The van der Waals surface area contributed by atoms with E-state index >= 15 is 0 Å². The van der Waals surface area contributed by atoms with Gasteiger partial charge in [-0.05, 0) is 61.1 Å². The Hall–Kier alpha value is -3.84. The molecule has 1 heteroatoms. The number of hydrogen-bond acceptors (Lipinski definition) is 1. The van der Waals surface area contributed by atoms with Crippen LogP contribution in [0.3, 0.4) is 0 Å². The molecule has 0 heterocycles. The lowest BCUT2D eigenvalue weighted by molar-refractivity contribution is 0.475. The number of fused-ring (bicyclic) bond motifs is 1. The first-order chi connectivity index (χ1) is 14.8. The molecule has 1 nitrogen and oxygen atoms in total. The van der Waals surface area contributed by atoms with Gasteiger partial charge in [-0.25, -0.2) is 0 Å². The minimum atomic E-state index is 0.320. The second-order valence-corrected chi connectivity index (χ2v) is 7.91. The van der Waals surface area contributed by atoms with Gasteiger partial charge in [-0.2, -0.15) is 0 Å². The summed E-state index contributed by atoms with van der Waals surface area (Å²) in [7, 11) is 0. The van der Waals surface area contributed by atoms with Crippen LogP contribution in [-0.4, -0.2) is 5.11 Å². The molecular formula is C29H20O. The lowest BCUT2D eigenvalue weighted by Gasteiger charge is -2.13. The van der Waals surface area contributed by atoms with Gasteiger partial charge in [-0.15, -0.1) is 0 Å². The van der Waals surface area contributed by atoms with Gasteiger partial charge < -0.3 is 5.11 Å². The summed E-state index contributed by atoms with van der Waals surface area (Å²) in [6.45, 7) is 0. The molecule has 6 aromatic carbocycles. The fourth-order valence-corrected chi connectivity index (χ4v) is 4.74.